The van der Waals surface area contributed by atoms with Crippen LogP contribution in [-0.2, 0) is 10.0 Å². The summed E-state index contributed by atoms with van der Waals surface area (Å²) in [5.74, 6) is -0.464. The van der Waals surface area contributed by atoms with Crippen LogP contribution in [0.1, 0.15) is 16.1 Å². The van der Waals surface area contributed by atoms with Gasteiger partial charge in [0.15, 0.2) is 0 Å². The quantitative estimate of drug-likeness (QED) is 0.633. The molecule has 10 heteroatoms. The lowest BCUT2D eigenvalue weighted by molar-refractivity contribution is 0.102. The first-order valence-electron chi connectivity index (χ1n) is 7.69. The highest BCUT2D eigenvalue weighted by Gasteiger charge is 2.16. The average molecular weight is 404 g/mol. The molecule has 3 rings (SSSR count). The van der Waals surface area contributed by atoms with Crippen LogP contribution in [0.3, 0.4) is 0 Å². The first kappa shape index (κ1) is 18.7. The second kappa shape index (κ2) is 7.68. The highest BCUT2D eigenvalue weighted by molar-refractivity contribution is 7.92. The van der Waals surface area contributed by atoms with E-state index in [-0.39, 0.29) is 21.6 Å². The predicted molar refractivity (Wildman–Crippen MR) is 101 cm³/mol. The summed E-state index contributed by atoms with van der Waals surface area (Å²) >= 11 is 5.89. The lowest BCUT2D eigenvalue weighted by Crippen LogP contribution is -2.16. The van der Waals surface area contributed by atoms with Crippen LogP contribution in [0, 0.1) is 6.92 Å². The van der Waals surface area contributed by atoms with Crippen molar-refractivity contribution in [3.8, 4) is 0 Å². The van der Waals surface area contributed by atoms with Crippen molar-refractivity contribution in [2.24, 2.45) is 0 Å². The molecule has 1 aromatic carbocycles. The number of rotatable bonds is 5. The number of hydrogen-bond donors (Lipinski definition) is 2. The van der Waals surface area contributed by atoms with Gasteiger partial charge in [0, 0.05) is 23.8 Å². The second-order valence-electron chi connectivity index (χ2n) is 5.45. The number of nitrogens with zero attached hydrogens (tertiary/aromatic N) is 3. The van der Waals surface area contributed by atoms with Crippen LogP contribution < -0.4 is 10.0 Å². The van der Waals surface area contributed by atoms with E-state index in [0.717, 1.165) is 0 Å². The number of carbonyl (C=O) groups is 1. The maximum atomic E-state index is 12.4. The zero-order valence-electron chi connectivity index (χ0n) is 14.0. The summed E-state index contributed by atoms with van der Waals surface area (Å²) in [4.78, 5) is 23.9. The molecular formula is C17H14ClN5O3S. The fourth-order valence-electron chi connectivity index (χ4n) is 2.15. The molecule has 0 bridgehead atoms. The smallest absolute Gasteiger partial charge is 0.264 e. The van der Waals surface area contributed by atoms with E-state index in [4.69, 9.17) is 11.6 Å². The van der Waals surface area contributed by atoms with Gasteiger partial charge in [-0.2, -0.15) is 0 Å². The Balaban J connectivity index is 1.75. The topological polar surface area (TPSA) is 114 Å². The standard InChI is InChI=1S/C17H14ClN5O3S/c1-11-8-10-20-17(21-11)23-27(25,26)13-6-4-12(5-7-13)22-16(24)14-3-2-9-19-15(14)18/h2-10H,1H3,(H,22,24)(H,20,21,23). The van der Waals surface area contributed by atoms with Gasteiger partial charge < -0.3 is 5.32 Å². The molecule has 0 saturated carbocycles. The number of benzene rings is 1. The fourth-order valence-corrected chi connectivity index (χ4v) is 3.30. The minimum Gasteiger partial charge on any atom is -0.322 e. The van der Waals surface area contributed by atoms with Gasteiger partial charge in [-0.15, -0.1) is 0 Å². The third kappa shape index (κ3) is 4.57. The molecule has 0 radical (unpaired) electrons. The molecule has 0 spiro atoms. The molecule has 2 N–H and O–H groups in total. The van der Waals surface area contributed by atoms with Crippen LogP contribution in [-0.4, -0.2) is 29.3 Å². The van der Waals surface area contributed by atoms with Gasteiger partial charge in [-0.1, -0.05) is 11.6 Å². The molecule has 0 aliphatic heterocycles. The Hall–Kier alpha value is -3.04. The average Bonchev–Trinajstić information content (AvgIpc) is 2.62. The lowest BCUT2D eigenvalue weighted by atomic mass is 10.2. The Kier molecular flexibility index (Phi) is 5.33. The minimum absolute atomic E-state index is 0.00464. The van der Waals surface area contributed by atoms with Crippen LogP contribution in [0.4, 0.5) is 11.6 Å². The number of amides is 1. The Bertz CT molecular complexity index is 1090. The number of hydrogen-bond acceptors (Lipinski definition) is 6. The van der Waals surface area contributed by atoms with Crippen molar-refractivity contribution in [2.75, 3.05) is 10.0 Å². The third-order valence-corrected chi connectivity index (χ3v) is 5.09. The van der Waals surface area contributed by atoms with E-state index in [1.807, 2.05) is 0 Å². The zero-order valence-corrected chi connectivity index (χ0v) is 15.6. The number of pyridine rings is 1. The van der Waals surface area contributed by atoms with E-state index in [2.05, 4.69) is 25.0 Å². The Labute approximate surface area is 160 Å². The SMILES string of the molecule is Cc1ccnc(NS(=O)(=O)c2ccc(NC(=O)c3cccnc3Cl)cc2)n1. The van der Waals surface area contributed by atoms with Crippen molar-refractivity contribution in [3.05, 3.63) is 71.3 Å². The second-order valence-corrected chi connectivity index (χ2v) is 7.49. The van der Waals surface area contributed by atoms with Crippen molar-refractivity contribution in [1.82, 2.24) is 15.0 Å². The van der Waals surface area contributed by atoms with Crippen LogP contribution in [0.2, 0.25) is 5.15 Å². The van der Waals surface area contributed by atoms with Gasteiger partial charge >= 0.3 is 0 Å². The van der Waals surface area contributed by atoms with Gasteiger partial charge in [0.1, 0.15) is 5.15 Å². The van der Waals surface area contributed by atoms with Crippen molar-refractivity contribution in [1.29, 1.82) is 0 Å². The number of aryl methyl sites for hydroxylation is 1. The molecule has 0 aliphatic carbocycles. The summed E-state index contributed by atoms with van der Waals surface area (Å²) in [5.41, 5.74) is 1.26. The molecular weight excluding hydrogens is 390 g/mol. The largest absolute Gasteiger partial charge is 0.322 e. The summed E-state index contributed by atoms with van der Waals surface area (Å²) in [6, 6.07) is 10.4. The molecule has 0 unspecified atom stereocenters. The molecule has 138 valence electrons. The van der Waals surface area contributed by atoms with E-state index in [0.29, 0.717) is 11.4 Å². The van der Waals surface area contributed by atoms with Crippen LogP contribution in [0.5, 0.6) is 0 Å². The van der Waals surface area contributed by atoms with Gasteiger partial charge in [0.05, 0.1) is 10.5 Å². The first-order valence-corrected chi connectivity index (χ1v) is 9.56. The van der Waals surface area contributed by atoms with Crippen molar-refractivity contribution in [2.45, 2.75) is 11.8 Å². The molecule has 2 heterocycles. The highest BCUT2D eigenvalue weighted by atomic mass is 35.5. The van der Waals surface area contributed by atoms with E-state index in [9.17, 15) is 13.2 Å². The number of halogens is 1. The summed E-state index contributed by atoms with van der Waals surface area (Å²) < 4.78 is 27.1. The molecule has 2 aromatic heterocycles. The maximum absolute atomic E-state index is 12.4. The first-order chi connectivity index (χ1) is 12.8. The molecule has 0 saturated heterocycles. The summed E-state index contributed by atoms with van der Waals surface area (Å²) in [5, 5.41) is 2.71. The number of aromatic nitrogens is 3. The molecule has 0 fully saturated rings. The Morgan fingerprint density at radius 1 is 1.04 bits per heavy atom. The van der Waals surface area contributed by atoms with Crippen LogP contribution in [0.15, 0.2) is 59.8 Å². The summed E-state index contributed by atoms with van der Waals surface area (Å²) in [6.07, 6.45) is 2.94. The highest BCUT2D eigenvalue weighted by Crippen LogP contribution is 2.18. The van der Waals surface area contributed by atoms with Crippen molar-refractivity contribution in [3.63, 3.8) is 0 Å². The number of anilines is 2. The fraction of sp³-hybridized carbons (Fsp3) is 0.0588. The van der Waals surface area contributed by atoms with E-state index in [1.54, 1.807) is 19.1 Å². The molecule has 27 heavy (non-hydrogen) atoms. The molecule has 0 aliphatic rings. The summed E-state index contributed by atoms with van der Waals surface area (Å²) in [7, 11) is -3.85. The summed E-state index contributed by atoms with van der Waals surface area (Å²) in [6.45, 7) is 1.73. The Morgan fingerprint density at radius 2 is 1.78 bits per heavy atom. The van der Waals surface area contributed by atoms with Crippen LogP contribution in [0.25, 0.3) is 0 Å². The molecule has 1 amide bonds. The number of sulfonamides is 1. The van der Waals surface area contributed by atoms with E-state index < -0.39 is 15.9 Å². The van der Waals surface area contributed by atoms with E-state index >= 15 is 0 Å². The number of nitrogens with one attached hydrogen (secondary N) is 2. The minimum atomic E-state index is -3.85. The molecule has 8 nitrogen and oxygen atoms in total. The van der Waals surface area contributed by atoms with Crippen LogP contribution >= 0.6 is 11.6 Å². The number of carbonyl (C=O) groups excluding carboxylic acids is 1. The van der Waals surface area contributed by atoms with Gasteiger partial charge in [-0.3, -0.25) is 4.79 Å². The van der Waals surface area contributed by atoms with Crippen molar-refractivity contribution < 1.29 is 13.2 Å². The third-order valence-electron chi connectivity index (χ3n) is 3.45. The van der Waals surface area contributed by atoms with Gasteiger partial charge in [-0.25, -0.2) is 28.1 Å². The van der Waals surface area contributed by atoms with Crippen molar-refractivity contribution >= 4 is 39.2 Å². The Morgan fingerprint density at radius 3 is 2.44 bits per heavy atom. The zero-order chi connectivity index (χ0) is 19.4. The molecule has 3 aromatic rings. The van der Waals surface area contributed by atoms with Gasteiger partial charge in [0.25, 0.3) is 15.9 Å². The normalized spacial score (nSPS) is 11.0. The van der Waals surface area contributed by atoms with Gasteiger partial charge in [0.2, 0.25) is 5.95 Å². The van der Waals surface area contributed by atoms with E-state index in [1.165, 1.54) is 42.7 Å². The predicted octanol–water partition coefficient (Wildman–Crippen LogP) is 2.89. The monoisotopic (exact) mass is 403 g/mol. The van der Waals surface area contributed by atoms with Gasteiger partial charge in [-0.05, 0) is 49.4 Å². The maximum Gasteiger partial charge on any atom is 0.264 e. The lowest BCUT2D eigenvalue weighted by Gasteiger charge is -2.09. The molecule has 0 atom stereocenters.